The summed E-state index contributed by atoms with van der Waals surface area (Å²) in [7, 11) is 1.70. The number of hydrogen-bond acceptors (Lipinski definition) is 3. The Hall–Kier alpha value is -2.26. The van der Waals surface area contributed by atoms with Crippen molar-refractivity contribution in [2.24, 2.45) is 0 Å². The molecule has 0 heterocycles. The summed E-state index contributed by atoms with van der Waals surface area (Å²) >= 11 is 0. The highest BCUT2D eigenvalue weighted by molar-refractivity contribution is 5.43. The number of ether oxygens (including phenoxy) is 2. The molecule has 0 bridgehead atoms. The number of nitrogens with one attached hydrogen (secondary N) is 1. The molecule has 0 saturated carbocycles. The zero-order valence-electron chi connectivity index (χ0n) is 16.6. The summed E-state index contributed by atoms with van der Waals surface area (Å²) in [6.07, 6.45) is 8.84. The number of hydrogen-bond donors (Lipinski definition) is 1. The molecule has 1 aliphatic carbocycles. The minimum absolute atomic E-state index is 0.551. The lowest BCUT2D eigenvalue weighted by atomic mass is 9.97. The van der Waals surface area contributed by atoms with Gasteiger partial charge in [-0.3, -0.25) is 0 Å². The predicted octanol–water partition coefficient (Wildman–Crippen LogP) is 5.56. The SMILES string of the molecule is COc1cc(CNCCC2=CCCCC2)ccc1OCc1ccccc1C. The van der Waals surface area contributed by atoms with Gasteiger partial charge in [-0.2, -0.15) is 0 Å². The monoisotopic (exact) mass is 365 g/mol. The number of benzene rings is 2. The molecule has 0 fully saturated rings. The lowest BCUT2D eigenvalue weighted by Gasteiger charge is -2.14. The molecule has 0 saturated heterocycles. The first kappa shape index (κ1) is 19.5. The molecule has 3 nitrogen and oxygen atoms in total. The smallest absolute Gasteiger partial charge is 0.161 e. The predicted molar refractivity (Wildman–Crippen MR) is 111 cm³/mol. The molecular formula is C24H31NO2. The van der Waals surface area contributed by atoms with Gasteiger partial charge in [0.1, 0.15) is 6.61 Å². The first-order valence-corrected chi connectivity index (χ1v) is 9.99. The van der Waals surface area contributed by atoms with Gasteiger partial charge in [0.05, 0.1) is 7.11 Å². The Labute approximate surface area is 163 Å². The third kappa shape index (κ3) is 5.86. The number of methoxy groups -OCH3 is 1. The van der Waals surface area contributed by atoms with Gasteiger partial charge in [-0.15, -0.1) is 0 Å². The van der Waals surface area contributed by atoms with Gasteiger partial charge >= 0.3 is 0 Å². The van der Waals surface area contributed by atoms with E-state index in [2.05, 4.69) is 42.6 Å². The maximum atomic E-state index is 6.00. The molecule has 3 rings (SSSR count). The van der Waals surface area contributed by atoms with Gasteiger partial charge in [-0.1, -0.05) is 42.0 Å². The highest BCUT2D eigenvalue weighted by Crippen LogP contribution is 2.29. The van der Waals surface area contributed by atoms with Crippen LogP contribution in [0.2, 0.25) is 0 Å². The Kier molecular flexibility index (Phi) is 7.35. The van der Waals surface area contributed by atoms with Crippen LogP contribution in [0.5, 0.6) is 11.5 Å². The van der Waals surface area contributed by atoms with Crippen molar-refractivity contribution in [2.45, 2.75) is 52.2 Å². The molecule has 1 aliphatic rings. The van der Waals surface area contributed by atoms with Gasteiger partial charge in [0, 0.05) is 6.54 Å². The molecule has 2 aromatic carbocycles. The second-order valence-corrected chi connectivity index (χ2v) is 7.24. The molecule has 0 atom stereocenters. The van der Waals surface area contributed by atoms with E-state index in [1.165, 1.54) is 42.4 Å². The Morgan fingerprint density at radius 3 is 2.70 bits per heavy atom. The van der Waals surface area contributed by atoms with Gasteiger partial charge < -0.3 is 14.8 Å². The Balaban J connectivity index is 1.51. The van der Waals surface area contributed by atoms with Gasteiger partial charge in [-0.05, 0) is 74.4 Å². The first-order valence-electron chi connectivity index (χ1n) is 9.99. The van der Waals surface area contributed by atoms with E-state index in [-0.39, 0.29) is 0 Å². The van der Waals surface area contributed by atoms with Gasteiger partial charge in [0.2, 0.25) is 0 Å². The highest BCUT2D eigenvalue weighted by atomic mass is 16.5. The van der Waals surface area contributed by atoms with Crippen molar-refractivity contribution < 1.29 is 9.47 Å². The van der Waals surface area contributed by atoms with Crippen molar-refractivity contribution in [3.63, 3.8) is 0 Å². The minimum Gasteiger partial charge on any atom is -0.493 e. The topological polar surface area (TPSA) is 30.5 Å². The van der Waals surface area contributed by atoms with Crippen LogP contribution in [0.1, 0.15) is 48.8 Å². The quantitative estimate of drug-likeness (QED) is 0.466. The van der Waals surface area contributed by atoms with E-state index in [1.54, 1.807) is 12.7 Å². The van der Waals surface area contributed by atoms with E-state index in [0.29, 0.717) is 6.61 Å². The summed E-state index contributed by atoms with van der Waals surface area (Å²) in [4.78, 5) is 0. The van der Waals surface area contributed by atoms with Crippen LogP contribution in [0.3, 0.4) is 0 Å². The standard InChI is InChI=1S/C24H31NO2/c1-19-8-6-7-11-22(19)18-27-23-13-12-21(16-24(23)26-2)17-25-15-14-20-9-4-3-5-10-20/h6-9,11-13,16,25H,3-5,10,14-15,17-18H2,1-2H3. The summed E-state index contributed by atoms with van der Waals surface area (Å²) in [5.74, 6) is 1.58. The summed E-state index contributed by atoms with van der Waals surface area (Å²) < 4.78 is 11.5. The van der Waals surface area contributed by atoms with Crippen LogP contribution in [0.25, 0.3) is 0 Å². The van der Waals surface area contributed by atoms with E-state index in [0.717, 1.165) is 31.0 Å². The highest BCUT2D eigenvalue weighted by Gasteiger charge is 2.08. The number of allylic oxidation sites excluding steroid dienone is 1. The third-order valence-electron chi connectivity index (χ3n) is 5.21. The molecule has 3 heteroatoms. The molecule has 1 N–H and O–H groups in total. The summed E-state index contributed by atoms with van der Waals surface area (Å²) in [5.41, 5.74) is 5.27. The molecule has 2 aromatic rings. The summed E-state index contributed by atoms with van der Waals surface area (Å²) in [5, 5.41) is 3.55. The maximum absolute atomic E-state index is 6.00. The molecule has 0 unspecified atom stereocenters. The molecule has 0 spiro atoms. The third-order valence-corrected chi connectivity index (χ3v) is 5.21. The average Bonchev–Trinajstić information content (AvgIpc) is 2.72. The molecule has 27 heavy (non-hydrogen) atoms. The number of rotatable bonds is 9. The fourth-order valence-electron chi connectivity index (χ4n) is 3.48. The summed E-state index contributed by atoms with van der Waals surface area (Å²) in [6, 6.07) is 14.5. The van der Waals surface area contributed by atoms with Crippen LogP contribution >= 0.6 is 0 Å². The molecule has 0 radical (unpaired) electrons. The fraction of sp³-hybridized carbons (Fsp3) is 0.417. The Morgan fingerprint density at radius 2 is 1.93 bits per heavy atom. The Bertz CT molecular complexity index is 767. The lowest BCUT2D eigenvalue weighted by molar-refractivity contribution is 0.283. The molecule has 0 aromatic heterocycles. The Morgan fingerprint density at radius 1 is 1.04 bits per heavy atom. The normalized spacial score (nSPS) is 13.9. The van der Waals surface area contributed by atoms with E-state index >= 15 is 0 Å². The molecule has 0 amide bonds. The van der Waals surface area contributed by atoms with Crippen LogP contribution in [-0.2, 0) is 13.2 Å². The van der Waals surface area contributed by atoms with Crippen LogP contribution < -0.4 is 14.8 Å². The van der Waals surface area contributed by atoms with Crippen molar-refractivity contribution in [1.82, 2.24) is 5.32 Å². The van der Waals surface area contributed by atoms with Crippen molar-refractivity contribution >= 4 is 0 Å². The van der Waals surface area contributed by atoms with Crippen LogP contribution in [0, 0.1) is 6.92 Å². The van der Waals surface area contributed by atoms with Crippen LogP contribution in [-0.4, -0.2) is 13.7 Å². The molecule has 144 valence electrons. The van der Waals surface area contributed by atoms with E-state index in [1.807, 2.05) is 18.2 Å². The van der Waals surface area contributed by atoms with E-state index in [9.17, 15) is 0 Å². The van der Waals surface area contributed by atoms with Gasteiger partial charge in [-0.25, -0.2) is 0 Å². The average molecular weight is 366 g/mol. The first-order chi connectivity index (χ1) is 13.3. The number of aryl methyl sites for hydroxylation is 1. The van der Waals surface area contributed by atoms with Crippen LogP contribution in [0.15, 0.2) is 54.1 Å². The minimum atomic E-state index is 0.551. The van der Waals surface area contributed by atoms with Crippen molar-refractivity contribution in [3.05, 3.63) is 70.8 Å². The van der Waals surface area contributed by atoms with Gasteiger partial charge in [0.15, 0.2) is 11.5 Å². The molecule has 0 aliphatic heterocycles. The molecular weight excluding hydrogens is 334 g/mol. The second kappa shape index (κ2) is 10.2. The zero-order valence-corrected chi connectivity index (χ0v) is 16.6. The zero-order chi connectivity index (χ0) is 18.9. The van der Waals surface area contributed by atoms with Crippen molar-refractivity contribution in [2.75, 3.05) is 13.7 Å². The largest absolute Gasteiger partial charge is 0.493 e. The van der Waals surface area contributed by atoms with Crippen molar-refractivity contribution in [1.29, 1.82) is 0 Å². The van der Waals surface area contributed by atoms with E-state index in [4.69, 9.17) is 9.47 Å². The van der Waals surface area contributed by atoms with Gasteiger partial charge in [0.25, 0.3) is 0 Å². The summed E-state index contributed by atoms with van der Waals surface area (Å²) in [6.45, 7) is 4.53. The van der Waals surface area contributed by atoms with E-state index < -0.39 is 0 Å². The second-order valence-electron chi connectivity index (χ2n) is 7.24. The lowest BCUT2D eigenvalue weighted by Crippen LogP contribution is -2.15. The van der Waals surface area contributed by atoms with Crippen molar-refractivity contribution in [3.8, 4) is 11.5 Å². The van der Waals surface area contributed by atoms with Crippen LogP contribution in [0.4, 0.5) is 0 Å². The fourth-order valence-corrected chi connectivity index (χ4v) is 3.48. The maximum Gasteiger partial charge on any atom is 0.161 e.